The summed E-state index contributed by atoms with van der Waals surface area (Å²) in [6.45, 7) is 14.3. The van der Waals surface area contributed by atoms with Gasteiger partial charge in [-0.1, -0.05) is 0 Å². The van der Waals surface area contributed by atoms with Crippen molar-refractivity contribution in [3.63, 3.8) is 0 Å². The zero-order valence-electron chi connectivity index (χ0n) is 13.0. The quantitative estimate of drug-likeness (QED) is 0.559. The van der Waals surface area contributed by atoms with Gasteiger partial charge < -0.3 is 0 Å². The van der Waals surface area contributed by atoms with Gasteiger partial charge in [0.15, 0.2) is 0 Å². The first kappa shape index (κ1) is 16.2. The molecular formula is C15H30N2Pb. The Labute approximate surface area is 118 Å². The molecule has 0 amide bonds. The molecule has 1 heterocycles. The van der Waals surface area contributed by atoms with Gasteiger partial charge in [0.1, 0.15) is 0 Å². The van der Waals surface area contributed by atoms with Crippen LogP contribution in [-0.4, -0.2) is 28.8 Å². The molecule has 0 aromatic carbocycles. The summed E-state index contributed by atoms with van der Waals surface area (Å²) in [5.74, 6) is 2.43. The van der Waals surface area contributed by atoms with Crippen molar-refractivity contribution in [3.05, 3.63) is 18.7 Å². The molecule has 1 aromatic rings. The van der Waals surface area contributed by atoms with E-state index in [0.717, 1.165) is 17.8 Å². The van der Waals surface area contributed by atoms with Crippen LogP contribution in [0.1, 0.15) is 41.5 Å². The molecule has 0 aliphatic rings. The molecule has 0 aliphatic carbocycles. The summed E-state index contributed by atoms with van der Waals surface area (Å²) in [6.07, 6.45) is 6.32. The van der Waals surface area contributed by atoms with Gasteiger partial charge in [-0.25, -0.2) is 0 Å². The third-order valence-corrected chi connectivity index (χ3v) is 27.1. The fourth-order valence-electron chi connectivity index (χ4n) is 3.39. The summed E-state index contributed by atoms with van der Waals surface area (Å²) in [6, 6.07) is 0. The number of aromatic nitrogens is 2. The summed E-state index contributed by atoms with van der Waals surface area (Å²) in [7, 11) is 0. The molecule has 2 nitrogen and oxygen atoms in total. The van der Waals surface area contributed by atoms with Crippen LogP contribution in [-0.2, 0) is 0 Å². The molecule has 104 valence electrons. The minimum atomic E-state index is -2.47. The summed E-state index contributed by atoms with van der Waals surface area (Å²) in [5.41, 5.74) is 0. The number of rotatable bonds is 7. The van der Waals surface area contributed by atoms with Crippen molar-refractivity contribution in [1.82, 2.24) is 7.36 Å². The minimum absolute atomic E-state index is 0.812. The topological polar surface area (TPSA) is 17.8 Å². The summed E-state index contributed by atoms with van der Waals surface area (Å²) in [5, 5.41) is 0. The molecule has 0 fully saturated rings. The van der Waals surface area contributed by atoms with Gasteiger partial charge in [0.2, 0.25) is 0 Å². The predicted molar refractivity (Wildman–Crippen MR) is 82.3 cm³/mol. The van der Waals surface area contributed by atoms with Crippen molar-refractivity contribution >= 4 is 21.5 Å². The van der Waals surface area contributed by atoms with Gasteiger partial charge in [-0.2, -0.15) is 0 Å². The van der Waals surface area contributed by atoms with Crippen LogP contribution in [0.2, 0.25) is 11.9 Å². The Morgan fingerprint density at radius 1 is 0.889 bits per heavy atom. The van der Waals surface area contributed by atoms with Gasteiger partial charge in [0.25, 0.3) is 0 Å². The van der Waals surface area contributed by atoms with E-state index >= 15 is 0 Å². The second-order valence-electron chi connectivity index (χ2n) is 6.99. The second kappa shape index (κ2) is 7.06. The van der Waals surface area contributed by atoms with E-state index in [1.807, 2.05) is 6.20 Å². The zero-order chi connectivity index (χ0) is 13.8. The van der Waals surface area contributed by atoms with Gasteiger partial charge in [-0.3, -0.25) is 0 Å². The Hall–Kier alpha value is 0.132. The monoisotopic (exact) mass is 446 g/mol. The van der Waals surface area contributed by atoms with Crippen LogP contribution in [0.15, 0.2) is 18.7 Å². The molecular weight excluding hydrogens is 415 g/mol. The van der Waals surface area contributed by atoms with Crippen LogP contribution in [0, 0.1) is 17.8 Å². The van der Waals surface area contributed by atoms with E-state index in [0.29, 0.717) is 0 Å². The molecule has 3 heteroatoms. The van der Waals surface area contributed by atoms with E-state index in [-0.39, 0.29) is 0 Å². The normalized spacial score (nSPS) is 12.9. The maximum absolute atomic E-state index is 4.33. The van der Waals surface area contributed by atoms with Gasteiger partial charge in [-0.05, 0) is 0 Å². The van der Waals surface area contributed by atoms with Crippen molar-refractivity contribution in [2.75, 3.05) is 0 Å². The molecule has 1 aromatic heterocycles. The molecule has 0 radical (unpaired) electrons. The third kappa shape index (κ3) is 4.67. The first-order valence-corrected chi connectivity index (χ1v) is 17.3. The molecule has 0 saturated heterocycles. The summed E-state index contributed by atoms with van der Waals surface area (Å²) < 4.78 is 6.96. The Kier molecular flexibility index (Phi) is 6.35. The summed E-state index contributed by atoms with van der Waals surface area (Å²) in [4.78, 5) is 4.33. The Balaban J connectivity index is 3.07. The fraction of sp³-hybridized carbons (Fsp3) is 0.800. The number of imidazole rings is 1. The van der Waals surface area contributed by atoms with E-state index < -0.39 is 21.5 Å². The molecule has 0 spiro atoms. The van der Waals surface area contributed by atoms with E-state index in [4.69, 9.17) is 0 Å². The van der Waals surface area contributed by atoms with Gasteiger partial charge in [0, 0.05) is 0 Å². The van der Waals surface area contributed by atoms with Crippen molar-refractivity contribution in [1.29, 1.82) is 0 Å². The van der Waals surface area contributed by atoms with Crippen LogP contribution >= 0.6 is 0 Å². The fourth-order valence-corrected chi connectivity index (χ4v) is 28.2. The molecule has 0 aliphatic heterocycles. The van der Waals surface area contributed by atoms with Crippen molar-refractivity contribution < 1.29 is 0 Å². The first-order valence-electron chi connectivity index (χ1n) is 7.34. The van der Waals surface area contributed by atoms with Crippen molar-refractivity contribution in [3.8, 4) is 0 Å². The standard InChI is InChI=1S/3C4H9.C3H3N2.Pb/c3*1-4(2)3;1-2-5-3-4-1;/h3*4H,1H2,2-3H3;1-3H;/q;;;-1;+1. The molecule has 0 unspecified atom stereocenters. The average Bonchev–Trinajstić information content (AvgIpc) is 2.65. The predicted octanol–water partition coefficient (Wildman–Crippen LogP) is 4.64. The number of hydrogen-bond acceptors (Lipinski definition) is 1. The van der Waals surface area contributed by atoms with Crippen molar-refractivity contribution in [2.24, 2.45) is 17.8 Å². The van der Waals surface area contributed by atoms with Crippen LogP contribution < -0.4 is 0 Å². The number of hydrogen-bond donors (Lipinski definition) is 0. The van der Waals surface area contributed by atoms with E-state index in [2.05, 4.69) is 61.4 Å². The Morgan fingerprint density at radius 3 is 1.61 bits per heavy atom. The van der Waals surface area contributed by atoms with Crippen LogP contribution in [0.25, 0.3) is 0 Å². The molecule has 0 saturated carbocycles. The van der Waals surface area contributed by atoms with E-state index in [1.54, 1.807) is 0 Å². The van der Waals surface area contributed by atoms with Gasteiger partial charge in [-0.15, -0.1) is 0 Å². The first-order chi connectivity index (χ1) is 8.35. The summed E-state index contributed by atoms with van der Waals surface area (Å²) >= 11 is -2.47. The Morgan fingerprint density at radius 2 is 1.33 bits per heavy atom. The van der Waals surface area contributed by atoms with Gasteiger partial charge >= 0.3 is 119 Å². The number of nitrogens with zero attached hydrogens (tertiary/aromatic N) is 2. The average molecular weight is 446 g/mol. The Bertz CT molecular complexity index is 302. The molecule has 0 N–H and O–H groups in total. The van der Waals surface area contributed by atoms with E-state index in [9.17, 15) is 0 Å². The SMILES string of the molecule is CC(C)[CH2][Pb]([CH2]C(C)C)([CH2]C(C)C)[n]1ccnc1. The second-order valence-corrected chi connectivity index (χ2v) is 23.3. The van der Waals surface area contributed by atoms with Crippen molar-refractivity contribution in [2.45, 2.75) is 53.5 Å². The van der Waals surface area contributed by atoms with Crippen LogP contribution in [0.5, 0.6) is 0 Å². The van der Waals surface area contributed by atoms with Crippen LogP contribution in [0.4, 0.5) is 0 Å². The molecule has 1 rings (SSSR count). The van der Waals surface area contributed by atoms with Gasteiger partial charge in [0.05, 0.1) is 0 Å². The third-order valence-electron chi connectivity index (χ3n) is 3.42. The van der Waals surface area contributed by atoms with E-state index in [1.165, 1.54) is 11.9 Å². The molecule has 0 bridgehead atoms. The zero-order valence-corrected chi connectivity index (χ0v) is 16.9. The maximum atomic E-state index is 4.33. The molecule has 18 heavy (non-hydrogen) atoms. The molecule has 0 atom stereocenters. The van der Waals surface area contributed by atoms with Crippen LogP contribution in [0.3, 0.4) is 0 Å².